The Morgan fingerprint density at radius 2 is 1.68 bits per heavy atom. The van der Waals surface area contributed by atoms with Crippen LogP contribution < -0.4 is 10.9 Å². The summed E-state index contributed by atoms with van der Waals surface area (Å²) in [5, 5.41) is 4.31. The van der Waals surface area contributed by atoms with Crippen molar-refractivity contribution in [3.63, 3.8) is 0 Å². The summed E-state index contributed by atoms with van der Waals surface area (Å²) in [6.45, 7) is 2.00. The predicted molar refractivity (Wildman–Crippen MR) is 101 cm³/mol. The standard InChI is InChI=1S/C21H22N2O2/c1-15(12-13-16-8-4-3-5-9-16)22-20(24)19-14-23(2)21(25)18-11-7-6-10-17(18)19/h3-11,14-15H,12-13H2,1-2H3,(H,22,24)/t15-/m1/s1. The molecule has 0 fully saturated rings. The highest BCUT2D eigenvalue weighted by Gasteiger charge is 2.15. The first-order valence-electron chi connectivity index (χ1n) is 8.49. The Balaban J connectivity index is 1.76. The number of carbonyl (C=O) groups excluding carboxylic acids is 1. The lowest BCUT2D eigenvalue weighted by molar-refractivity contribution is 0.0939. The lowest BCUT2D eigenvalue weighted by atomic mass is 10.0. The Kier molecular flexibility index (Phi) is 4.98. The van der Waals surface area contributed by atoms with E-state index in [4.69, 9.17) is 0 Å². The highest BCUT2D eigenvalue weighted by molar-refractivity contribution is 6.06. The van der Waals surface area contributed by atoms with Gasteiger partial charge in [-0.05, 0) is 31.4 Å². The van der Waals surface area contributed by atoms with Crippen LogP contribution >= 0.6 is 0 Å². The van der Waals surface area contributed by atoms with E-state index in [1.54, 1.807) is 19.3 Å². The molecule has 0 saturated carbocycles. The largest absolute Gasteiger partial charge is 0.350 e. The van der Waals surface area contributed by atoms with Crippen molar-refractivity contribution in [1.29, 1.82) is 0 Å². The predicted octanol–water partition coefficient (Wildman–Crippen LogP) is 3.29. The highest BCUT2D eigenvalue weighted by Crippen LogP contribution is 2.15. The van der Waals surface area contributed by atoms with E-state index in [9.17, 15) is 9.59 Å². The van der Waals surface area contributed by atoms with Gasteiger partial charge in [-0.2, -0.15) is 0 Å². The summed E-state index contributed by atoms with van der Waals surface area (Å²) in [6, 6.07) is 17.5. The molecule has 4 nitrogen and oxygen atoms in total. The Morgan fingerprint density at radius 1 is 1.04 bits per heavy atom. The Bertz CT molecular complexity index is 945. The van der Waals surface area contributed by atoms with Crippen LogP contribution in [-0.2, 0) is 13.5 Å². The van der Waals surface area contributed by atoms with Crippen LogP contribution in [0.15, 0.2) is 65.6 Å². The van der Waals surface area contributed by atoms with Gasteiger partial charge in [0.2, 0.25) is 0 Å². The summed E-state index contributed by atoms with van der Waals surface area (Å²) in [4.78, 5) is 24.9. The number of carbonyl (C=O) groups is 1. The fraction of sp³-hybridized carbons (Fsp3) is 0.238. The minimum absolute atomic E-state index is 0.0451. The molecule has 2 aromatic carbocycles. The van der Waals surface area contributed by atoms with Crippen LogP contribution in [0.1, 0.15) is 29.3 Å². The Labute approximate surface area is 147 Å². The third-order valence-corrected chi connectivity index (χ3v) is 4.42. The molecule has 128 valence electrons. The summed E-state index contributed by atoms with van der Waals surface area (Å²) in [6.07, 6.45) is 3.39. The van der Waals surface area contributed by atoms with Crippen LogP contribution in [-0.4, -0.2) is 16.5 Å². The maximum atomic E-state index is 12.7. The van der Waals surface area contributed by atoms with Crippen molar-refractivity contribution in [2.45, 2.75) is 25.8 Å². The summed E-state index contributed by atoms with van der Waals surface area (Å²) in [7, 11) is 1.67. The molecule has 0 aliphatic rings. The second-order valence-corrected chi connectivity index (χ2v) is 6.40. The van der Waals surface area contributed by atoms with E-state index in [1.807, 2.05) is 43.3 Å². The average molecular weight is 334 g/mol. The molecule has 1 amide bonds. The number of nitrogens with one attached hydrogen (secondary N) is 1. The quantitative estimate of drug-likeness (QED) is 0.778. The molecule has 25 heavy (non-hydrogen) atoms. The second-order valence-electron chi connectivity index (χ2n) is 6.40. The first-order valence-corrected chi connectivity index (χ1v) is 8.49. The van der Waals surface area contributed by atoms with Gasteiger partial charge in [0.25, 0.3) is 11.5 Å². The van der Waals surface area contributed by atoms with Gasteiger partial charge in [0.05, 0.1) is 5.56 Å². The summed E-state index contributed by atoms with van der Waals surface area (Å²) in [5.74, 6) is -0.146. The van der Waals surface area contributed by atoms with Gasteiger partial charge < -0.3 is 9.88 Å². The summed E-state index contributed by atoms with van der Waals surface area (Å²) in [5.41, 5.74) is 1.70. The van der Waals surface area contributed by atoms with Crippen molar-refractivity contribution < 1.29 is 4.79 Å². The van der Waals surface area contributed by atoms with Crippen molar-refractivity contribution in [1.82, 2.24) is 9.88 Å². The number of amides is 1. The van der Waals surface area contributed by atoms with Crippen LogP contribution in [0.5, 0.6) is 0 Å². The van der Waals surface area contributed by atoms with Crippen molar-refractivity contribution in [3.8, 4) is 0 Å². The van der Waals surface area contributed by atoms with E-state index >= 15 is 0 Å². The van der Waals surface area contributed by atoms with Crippen LogP contribution in [0.25, 0.3) is 10.8 Å². The molecule has 1 N–H and O–H groups in total. The number of nitrogens with zero attached hydrogens (tertiary/aromatic N) is 1. The van der Waals surface area contributed by atoms with Gasteiger partial charge >= 0.3 is 0 Å². The van der Waals surface area contributed by atoms with E-state index in [2.05, 4.69) is 17.4 Å². The van der Waals surface area contributed by atoms with Crippen LogP contribution in [0.3, 0.4) is 0 Å². The number of benzene rings is 2. The lowest BCUT2D eigenvalue weighted by Gasteiger charge is -2.15. The van der Waals surface area contributed by atoms with E-state index in [1.165, 1.54) is 10.1 Å². The highest BCUT2D eigenvalue weighted by atomic mass is 16.2. The molecule has 1 heterocycles. The zero-order valence-corrected chi connectivity index (χ0v) is 14.5. The molecule has 3 rings (SSSR count). The normalized spacial score (nSPS) is 12.1. The summed E-state index contributed by atoms with van der Waals surface area (Å²) < 4.78 is 1.46. The molecular weight excluding hydrogens is 312 g/mol. The average Bonchev–Trinajstić information content (AvgIpc) is 2.64. The molecule has 0 spiro atoms. The van der Waals surface area contributed by atoms with E-state index < -0.39 is 0 Å². The molecule has 0 saturated heterocycles. The lowest BCUT2D eigenvalue weighted by Crippen LogP contribution is -2.34. The fourth-order valence-electron chi connectivity index (χ4n) is 3.00. The summed E-state index contributed by atoms with van der Waals surface area (Å²) >= 11 is 0. The van der Waals surface area contributed by atoms with Crippen molar-refractivity contribution in [2.24, 2.45) is 7.05 Å². The first kappa shape index (κ1) is 17.0. The molecule has 0 aliphatic carbocycles. The van der Waals surface area contributed by atoms with Crippen molar-refractivity contribution >= 4 is 16.7 Å². The van der Waals surface area contributed by atoms with Gasteiger partial charge in [-0.3, -0.25) is 9.59 Å². The first-order chi connectivity index (χ1) is 12.1. The van der Waals surface area contributed by atoms with Gasteiger partial charge in [-0.15, -0.1) is 0 Å². The van der Waals surface area contributed by atoms with Crippen molar-refractivity contribution in [3.05, 3.63) is 82.3 Å². The Morgan fingerprint density at radius 3 is 2.40 bits per heavy atom. The van der Waals surface area contributed by atoms with Crippen LogP contribution in [0, 0.1) is 0 Å². The number of aryl methyl sites for hydroxylation is 2. The van der Waals surface area contributed by atoms with E-state index in [0.717, 1.165) is 12.8 Å². The number of aromatic nitrogens is 1. The zero-order valence-electron chi connectivity index (χ0n) is 14.5. The molecule has 4 heteroatoms. The molecule has 0 aliphatic heterocycles. The van der Waals surface area contributed by atoms with E-state index in [0.29, 0.717) is 16.3 Å². The number of hydrogen-bond acceptors (Lipinski definition) is 2. The fourth-order valence-corrected chi connectivity index (χ4v) is 3.00. The van der Waals surface area contributed by atoms with Crippen LogP contribution in [0.2, 0.25) is 0 Å². The number of pyridine rings is 1. The minimum atomic E-state index is -0.146. The maximum absolute atomic E-state index is 12.7. The maximum Gasteiger partial charge on any atom is 0.258 e. The SMILES string of the molecule is C[C@H](CCc1ccccc1)NC(=O)c1cn(C)c(=O)c2ccccc12. The molecule has 1 atom stereocenters. The molecular formula is C21H22N2O2. The van der Waals surface area contributed by atoms with Crippen molar-refractivity contribution in [2.75, 3.05) is 0 Å². The molecule has 0 unspecified atom stereocenters. The Hall–Kier alpha value is -2.88. The smallest absolute Gasteiger partial charge is 0.258 e. The third-order valence-electron chi connectivity index (χ3n) is 4.42. The van der Waals surface area contributed by atoms with Gasteiger partial charge in [0.1, 0.15) is 0 Å². The van der Waals surface area contributed by atoms with Gasteiger partial charge in [-0.1, -0.05) is 48.5 Å². The van der Waals surface area contributed by atoms with E-state index in [-0.39, 0.29) is 17.5 Å². The molecule has 3 aromatic rings. The minimum Gasteiger partial charge on any atom is -0.350 e. The topological polar surface area (TPSA) is 51.1 Å². The molecule has 0 radical (unpaired) electrons. The van der Waals surface area contributed by atoms with Gasteiger partial charge in [-0.25, -0.2) is 0 Å². The third kappa shape index (κ3) is 3.79. The van der Waals surface area contributed by atoms with Gasteiger partial charge in [0.15, 0.2) is 0 Å². The molecule has 0 bridgehead atoms. The molecule has 1 aromatic heterocycles. The number of rotatable bonds is 5. The number of hydrogen-bond donors (Lipinski definition) is 1. The zero-order chi connectivity index (χ0) is 17.8. The van der Waals surface area contributed by atoms with Crippen LogP contribution in [0.4, 0.5) is 0 Å². The monoisotopic (exact) mass is 334 g/mol. The second kappa shape index (κ2) is 7.34. The van der Waals surface area contributed by atoms with Gasteiger partial charge in [0, 0.05) is 30.1 Å². The number of fused-ring (bicyclic) bond motifs is 1.